The Bertz CT molecular complexity index is 494. The number of likely N-dealkylation sites (N-methyl/N-ethyl adjacent to an activating group) is 1. The summed E-state index contributed by atoms with van der Waals surface area (Å²) in [4.78, 5) is 24.9. The molecule has 20 heavy (non-hydrogen) atoms. The highest BCUT2D eigenvalue weighted by Gasteiger charge is 2.12. The predicted octanol–water partition coefficient (Wildman–Crippen LogP) is 2.22. The van der Waals surface area contributed by atoms with Crippen molar-refractivity contribution in [1.29, 1.82) is 0 Å². The number of benzene rings is 1. The second kappa shape index (κ2) is 7.86. The molecule has 0 spiro atoms. The normalized spacial score (nSPS) is 10.4. The highest BCUT2D eigenvalue weighted by molar-refractivity contribution is 9.10. The first-order valence-corrected chi connectivity index (χ1v) is 6.99. The van der Waals surface area contributed by atoms with Crippen LogP contribution in [0, 0.1) is 0 Å². The van der Waals surface area contributed by atoms with Gasteiger partial charge in [0.05, 0.1) is 11.3 Å². The molecule has 0 radical (unpaired) electrons. The number of anilines is 1. The lowest BCUT2D eigenvalue weighted by molar-refractivity contribution is 0.0698. The predicted molar refractivity (Wildman–Crippen MR) is 81.3 cm³/mol. The number of hydrogen-bond acceptors (Lipinski definition) is 3. The van der Waals surface area contributed by atoms with Gasteiger partial charge in [0.1, 0.15) is 0 Å². The molecule has 3 N–H and O–H groups in total. The van der Waals surface area contributed by atoms with Crippen LogP contribution in [0.15, 0.2) is 22.7 Å². The van der Waals surface area contributed by atoms with Crippen molar-refractivity contribution in [1.82, 2.24) is 10.2 Å². The first-order valence-electron chi connectivity index (χ1n) is 6.20. The van der Waals surface area contributed by atoms with Gasteiger partial charge in [-0.15, -0.1) is 0 Å². The van der Waals surface area contributed by atoms with E-state index in [0.717, 1.165) is 13.1 Å². The van der Waals surface area contributed by atoms with Crippen LogP contribution in [0.4, 0.5) is 10.5 Å². The number of nitrogens with zero attached hydrogens (tertiary/aromatic N) is 1. The molecule has 110 valence electrons. The van der Waals surface area contributed by atoms with Crippen LogP contribution in [0.5, 0.6) is 0 Å². The molecule has 1 aromatic rings. The van der Waals surface area contributed by atoms with E-state index < -0.39 is 12.0 Å². The number of carbonyl (C=O) groups excluding carboxylic acids is 1. The number of rotatable bonds is 6. The third kappa shape index (κ3) is 5.18. The molecular formula is C13H18BrN3O3. The van der Waals surface area contributed by atoms with E-state index in [2.05, 4.69) is 31.5 Å². The van der Waals surface area contributed by atoms with Gasteiger partial charge in [0.2, 0.25) is 0 Å². The van der Waals surface area contributed by atoms with Gasteiger partial charge in [0.25, 0.3) is 0 Å². The molecular weight excluding hydrogens is 326 g/mol. The molecule has 0 aliphatic heterocycles. The van der Waals surface area contributed by atoms with E-state index in [1.807, 2.05) is 14.0 Å². The Morgan fingerprint density at radius 3 is 2.70 bits per heavy atom. The minimum atomic E-state index is -1.09. The maximum Gasteiger partial charge on any atom is 0.337 e. The summed E-state index contributed by atoms with van der Waals surface area (Å²) in [6, 6.07) is 4.25. The highest BCUT2D eigenvalue weighted by atomic mass is 79.9. The fourth-order valence-corrected chi connectivity index (χ4v) is 1.85. The summed E-state index contributed by atoms with van der Waals surface area (Å²) in [5, 5.41) is 14.3. The number of urea groups is 1. The second-order valence-corrected chi connectivity index (χ2v) is 5.19. The van der Waals surface area contributed by atoms with Crippen molar-refractivity contribution >= 4 is 33.6 Å². The summed E-state index contributed by atoms with van der Waals surface area (Å²) < 4.78 is 0.644. The van der Waals surface area contributed by atoms with Gasteiger partial charge >= 0.3 is 12.0 Å². The average Bonchev–Trinajstić information content (AvgIpc) is 2.40. The molecule has 0 atom stereocenters. The number of halogens is 1. The van der Waals surface area contributed by atoms with Gasteiger partial charge in [-0.2, -0.15) is 0 Å². The van der Waals surface area contributed by atoms with Crippen LogP contribution < -0.4 is 10.6 Å². The molecule has 0 heterocycles. The number of aromatic carboxylic acids is 1. The fourth-order valence-electron chi connectivity index (χ4n) is 1.49. The van der Waals surface area contributed by atoms with Crippen molar-refractivity contribution < 1.29 is 14.7 Å². The number of nitrogens with one attached hydrogen (secondary N) is 2. The van der Waals surface area contributed by atoms with Crippen LogP contribution in [0.25, 0.3) is 0 Å². The maximum absolute atomic E-state index is 11.7. The first-order chi connectivity index (χ1) is 9.43. The van der Waals surface area contributed by atoms with E-state index in [1.54, 1.807) is 12.1 Å². The quantitative estimate of drug-likeness (QED) is 0.739. The Morgan fingerprint density at radius 2 is 2.10 bits per heavy atom. The number of carboxylic acids is 1. The zero-order chi connectivity index (χ0) is 15.1. The van der Waals surface area contributed by atoms with E-state index in [0.29, 0.717) is 11.0 Å². The molecule has 1 rings (SSSR count). The molecule has 1 aromatic carbocycles. The fraction of sp³-hybridized carbons (Fsp3) is 0.385. The maximum atomic E-state index is 11.7. The van der Waals surface area contributed by atoms with E-state index in [9.17, 15) is 9.59 Å². The number of carbonyl (C=O) groups is 2. The molecule has 6 nitrogen and oxygen atoms in total. The first kappa shape index (κ1) is 16.5. The van der Waals surface area contributed by atoms with Gasteiger partial charge < -0.3 is 20.6 Å². The van der Waals surface area contributed by atoms with Crippen LogP contribution in [0.2, 0.25) is 0 Å². The zero-order valence-corrected chi connectivity index (χ0v) is 13.0. The van der Waals surface area contributed by atoms with Crippen molar-refractivity contribution in [3.8, 4) is 0 Å². The van der Waals surface area contributed by atoms with Crippen molar-refractivity contribution in [2.45, 2.75) is 6.92 Å². The third-order valence-electron chi connectivity index (χ3n) is 2.78. The van der Waals surface area contributed by atoms with Crippen LogP contribution in [0.1, 0.15) is 17.3 Å². The summed E-state index contributed by atoms with van der Waals surface area (Å²) in [6.07, 6.45) is 0. The summed E-state index contributed by atoms with van der Waals surface area (Å²) in [5.41, 5.74) is 0.308. The lowest BCUT2D eigenvalue weighted by Crippen LogP contribution is -2.35. The molecule has 7 heteroatoms. The standard InChI is InChI=1S/C13H18BrN3O3/c1-3-17(2)7-6-15-13(20)16-11-5-4-9(14)8-10(11)12(18)19/h4-5,8H,3,6-7H2,1-2H3,(H,18,19)(H2,15,16,20). The van der Waals surface area contributed by atoms with Crippen LogP contribution in [-0.2, 0) is 0 Å². The zero-order valence-electron chi connectivity index (χ0n) is 11.4. The molecule has 0 saturated heterocycles. The van der Waals surface area contributed by atoms with Crippen LogP contribution in [0.3, 0.4) is 0 Å². The number of hydrogen-bond donors (Lipinski definition) is 3. The van der Waals surface area contributed by atoms with Crippen molar-refractivity contribution in [3.63, 3.8) is 0 Å². The van der Waals surface area contributed by atoms with E-state index >= 15 is 0 Å². The Kier molecular flexibility index (Phi) is 6.47. The lowest BCUT2D eigenvalue weighted by atomic mass is 10.2. The Labute approximate surface area is 126 Å². The molecule has 0 bridgehead atoms. The van der Waals surface area contributed by atoms with Crippen molar-refractivity contribution in [2.24, 2.45) is 0 Å². The molecule has 0 aromatic heterocycles. The van der Waals surface area contributed by atoms with E-state index in [4.69, 9.17) is 5.11 Å². The minimum Gasteiger partial charge on any atom is -0.478 e. The van der Waals surface area contributed by atoms with Gasteiger partial charge in [-0.25, -0.2) is 9.59 Å². The molecule has 0 aliphatic rings. The van der Waals surface area contributed by atoms with Gasteiger partial charge in [-0.05, 0) is 31.8 Å². The summed E-state index contributed by atoms with van der Waals surface area (Å²) in [6.45, 7) is 4.16. The average molecular weight is 344 g/mol. The SMILES string of the molecule is CCN(C)CCNC(=O)Nc1ccc(Br)cc1C(=O)O. The Morgan fingerprint density at radius 1 is 1.40 bits per heavy atom. The van der Waals surface area contributed by atoms with E-state index in [1.165, 1.54) is 6.07 Å². The van der Waals surface area contributed by atoms with Gasteiger partial charge in [0.15, 0.2) is 0 Å². The highest BCUT2D eigenvalue weighted by Crippen LogP contribution is 2.21. The van der Waals surface area contributed by atoms with Crippen LogP contribution in [-0.4, -0.2) is 48.7 Å². The largest absolute Gasteiger partial charge is 0.478 e. The number of carboxylic acid groups (broad SMARTS) is 1. The molecule has 0 aliphatic carbocycles. The van der Waals surface area contributed by atoms with Gasteiger partial charge in [-0.1, -0.05) is 22.9 Å². The van der Waals surface area contributed by atoms with Crippen LogP contribution >= 0.6 is 15.9 Å². The topological polar surface area (TPSA) is 81.7 Å². The van der Waals surface area contributed by atoms with Gasteiger partial charge in [0, 0.05) is 17.6 Å². The summed E-state index contributed by atoms with van der Waals surface area (Å²) in [7, 11) is 1.96. The summed E-state index contributed by atoms with van der Waals surface area (Å²) >= 11 is 3.20. The second-order valence-electron chi connectivity index (χ2n) is 4.27. The number of amides is 2. The summed E-state index contributed by atoms with van der Waals surface area (Å²) in [5.74, 6) is -1.09. The Hall–Kier alpha value is -1.60. The lowest BCUT2D eigenvalue weighted by Gasteiger charge is -2.15. The Balaban J connectivity index is 2.60. The smallest absolute Gasteiger partial charge is 0.337 e. The molecule has 0 unspecified atom stereocenters. The van der Waals surface area contributed by atoms with Crippen molar-refractivity contribution in [2.75, 3.05) is 32.0 Å². The molecule has 2 amide bonds. The molecule has 0 fully saturated rings. The molecule has 0 saturated carbocycles. The minimum absolute atomic E-state index is 0.0419. The van der Waals surface area contributed by atoms with Gasteiger partial charge in [-0.3, -0.25) is 0 Å². The van der Waals surface area contributed by atoms with E-state index in [-0.39, 0.29) is 11.3 Å². The van der Waals surface area contributed by atoms with Crippen molar-refractivity contribution in [3.05, 3.63) is 28.2 Å². The monoisotopic (exact) mass is 343 g/mol. The third-order valence-corrected chi connectivity index (χ3v) is 3.27.